The minimum atomic E-state index is -0.464. The van der Waals surface area contributed by atoms with Crippen LogP contribution in [-0.2, 0) is 32.3 Å². The topological polar surface area (TPSA) is 93.1 Å². The molecule has 2 unspecified atom stereocenters. The Kier molecular flexibility index (Phi) is 14.7. The van der Waals surface area contributed by atoms with Crippen LogP contribution in [0.5, 0.6) is 0 Å². The first-order valence-corrected chi connectivity index (χ1v) is 14.0. The molecule has 2 aromatic carbocycles. The van der Waals surface area contributed by atoms with Crippen molar-refractivity contribution < 1.29 is 29.3 Å². The standard InChI is InChI=1S/C32H46O6/c1-32(2,23-21-31(36)38-25-27-14-8-4-9-15-27)22-20-29(34)19-18-28(33)16-10-5-11-17-30(35)37-24-26-12-6-3-7-13-26/h3-4,6-9,12-15,28-29,33-34H,5,10-11,16-25H2,1-2H3. The van der Waals surface area contributed by atoms with E-state index in [0.717, 1.165) is 36.8 Å². The summed E-state index contributed by atoms with van der Waals surface area (Å²) in [5, 5.41) is 20.7. The molecular formula is C32H46O6. The van der Waals surface area contributed by atoms with Gasteiger partial charge in [-0.1, -0.05) is 87.4 Å². The molecule has 6 heteroatoms. The van der Waals surface area contributed by atoms with E-state index in [0.29, 0.717) is 58.2 Å². The van der Waals surface area contributed by atoms with Gasteiger partial charge in [0.25, 0.3) is 0 Å². The van der Waals surface area contributed by atoms with Crippen molar-refractivity contribution in [3.05, 3.63) is 71.8 Å². The Balaban J connectivity index is 1.47. The van der Waals surface area contributed by atoms with Gasteiger partial charge in [0.2, 0.25) is 0 Å². The zero-order valence-electron chi connectivity index (χ0n) is 23.1. The molecule has 0 fully saturated rings. The number of unbranched alkanes of at least 4 members (excludes halogenated alkanes) is 2. The minimum absolute atomic E-state index is 0.0758. The summed E-state index contributed by atoms with van der Waals surface area (Å²) in [6.45, 7) is 4.81. The summed E-state index contributed by atoms with van der Waals surface area (Å²) in [5.74, 6) is -0.390. The Hall–Kier alpha value is -2.70. The van der Waals surface area contributed by atoms with Crippen molar-refractivity contribution in [2.45, 2.75) is 110 Å². The molecule has 38 heavy (non-hydrogen) atoms. The lowest BCUT2D eigenvalue weighted by Crippen LogP contribution is -2.19. The lowest BCUT2D eigenvalue weighted by atomic mass is 9.82. The second-order valence-electron chi connectivity index (χ2n) is 11.0. The lowest BCUT2D eigenvalue weighted by Gasteiger charge is -2.25. The van der Waals surface area contributed by atoms with Crippen molar-refractivity contribution >= 4 is 11.9 Å². The molecule has 0 aliphatic heterocycles. The first-order valence-electron chi connectivity index (χ1n) is 14.0. The van der Waals surface area contributed by atoms with Crippen LogP contribution >= 0.6 is 0 Å². The molecule has 2 atom stereocenters. The highest BCUT2D eigenvalue weighted by atomic mass is 16.5. The molecule has 2 rings (SSSR count). The summed E-state index contributed by atoms with van der Waals surface area (Å²) in [4.78, 5) is 24.0. The summed E-state index contributed by atoms with van der Waals surface area (Å²) in [6, 6.07) is 19.3. The predicted octanol–water partition coefficient (Wildman–Crippen LogP) is 6.51. The van der Waals surface area contributed by atoms with Crippen molar-refractivity contribution in [1.29, 1.82) is 0 Å². The zero-order valence-corrected chi connectivity index (χ0v) is 23.1. The van der Waals surface area contributed by atoms with E-state index in [-0.39, 0.29) is 17.4 Å². The molecule has 2 aromatic rings. The van der Waals surface area contributed by atoms with Gasteiger partial charge in [0.15, 0.2) is 0 Å². The lowest BCUT2D eigenvalue weighted by molar-refractivity contribution is -0.146. The molecule has 0 aromatic heterocycles. The number of rotatable bonds is 19. The van der Waals surface area contributed by atoms with Crippen LogP contribution in [0.15, 0.2) is 60.7 Å². The Morgan fingerprint density at radius 1 is 0.658 bits per heavy atom. The third kappa shape index (κ3) is 14.9. The van der Waals surface area contributed by atoms with Gasteiger partial charge < -0.3 is 19.7 Å². The van der Waals surface area contributed by atoms with E-state index in [9.17, 15) is 19.8 Å². The van der Waals surface area contributed by atoms with Crippen LogP contribution in [0, 0.1) is 5.41 Å². The molecule has 0 aliphatic carbocycles. The van der Waals surface area contributed by atoms with E-state index in [4.69, 9.17) is 9.47 Å². The fourth-order valence-corrected chi connectivity index (χ4v) is 4.24. The van der Waals surface area contributed by atoms with Crippen LogP contribution in [-0.4, -0.2) is 34.4 Å². The second kappa shape index (κ2) is 17.7. The normalized spacial score (nSPS) is 13.1. The van der Waals surface area contributed by atoms with Crippen molar-refractivity contribution in [1.82, 2.24) is 0 Å². The summed E-state index contributed by atoms with van der Waals surface area (Å²) in [7, 11) is 0. The van der Waals surface area contributed by atoms with Crippen LogP contribution in [0.4, 0.5) is 0 Å². The van der Waals surface area contributed by atoms with E-state index in [1.807, 2.05) is 60.7 Å². The maximum atomic E-state index is 12.1. The van der Waals surface area contributed by atoms with E-state index in [2.05, 4.69) is 13.8 Å². The molecule has 0 bridgehead atoms. The second-order valence-corrected chi connectivity index (χ2v) is 11.0. The SMILES string of the molecule is CC(C)(CCC(=O)OCc1ccccc1)CCC(O)CCC(O)CCCCCC(=O)OCc1ccccc1. The van der Waals surface area contributed by atoms with Gasteiger partial charge in [-0.25, -0.2) is 0 Å². The van der Waals surface area contributed by atoms with E-state index < -0.39 is 12.2 Å². The van der Waals surface area contributed by atoms with Gasteiger partial charge in [-0.3, -0.25) is 9.59 Å². The highest BCUT2D eigenvalue weighted by Crippen LogP contribution is 2.30. The largest absolute Gasteiger partial charge is 0.461 e. The van der Waals surface area contributed by atoms with Crippen LogP contribution in [0.25, 0.3) is 0 Å². The van der Waals surface area contributed by atoms with Crippen molar-refractivity contribution in [3.8, 4) is 0 Å². The highest BCUT2D eigenvalue weighted by molar-refractivity contribution is 5.69. The number of benzene rings is 2. The highest BCUT2D eigenvalue weighted by Gasteiger charge is 2.21. The number of aliphatic hydroxyl groups excluding tert-OH is 2. The molecule has 2 N–H and O–H groups in total. The molecule has 210 valence electrons. The molecular weight excluding hydrogens is 480 g/mol. The molecule has 0 amide bonds. The average molecular weight is 527 g/mol. The Bertz CT molecular complexity index is 912. The molecule has 0 radical (unpaired) electrons. The molecule has 0 aliphatic rings. The monoisotopic (exact) mass is 526 g/mol. The molecule has 6 nitrogen and oxygen atoms in total. The van der Waals surface area contributed by atoms with Gasteiger partial charge in [-0.05, 0) is 61.5 Å². The summed E-state index contributed by atoms with van der Waals surface area (Å²) in [5.41, 5.74) is 1.88. The van der Waals surface area contributed by atoms with E-state index >= 15 is 0 Å². The average Bonchev–Trinajstić information content (AvgIpc) is 2.92. The summed E-state index contributed by atoms with van der Waals surface area (Å²) < 4.78 is 10.6. The number of ether oxygens (including phenoxy) is 2. The third-order valence-corrected chi connectivity index (χ3v) is 6.90. The zero-order chi connectivity index (χ0) is 27.6. The van der Waals surface area contributed by atoms with Gasteiger partial charge in [-0.2, -0.15) is 0 Å². The van der Waals surface area contributed by atoms with Crippen LogP contribution in [0.3, 0.4) is 0 Å². The Morgan fingerprint density at radius 2 is 1.16 bits per heavy atom. The number of carbonyl (C=O) groups is 2. The first kappa shape index (κ1) is 31.5. The quantitative estimate of drug-likeness (QED) is 0.160. The molecule has 0 spiro atoms. The van der Waals surface area contributed by atoms with E-state index in [1.165, 1.54) is 0 Å². The number of hydrogen-bond donors (Lipinski definition) is 2. The van der Waals surface area contributed by atoms with Gasteiger partial charge in [0.1, 0.15) is 13.2 Å². The van der Waals surface area contributed by atoms with Gasteiger partial charge in [0.05, 0.1) is 12.2 Å². The van der Waals surface area contributed by atoms with Crippen LogP contribution in [0.1, 0.15) is 95.6 Å². The van der Waals surface area contributed by atoms with Crippen molar-refractivity contribution in [2.75, 3.05) is 0 Å². The number of aliphatic hydroxyl groups is 2. The fourth-order valence-electron chi connectivity index (χ4n) is 4.24. The Labute approximate surface area is 228 Å². The molecule has 0 saturated carbocycles. The maximum absolute atomic E-state index is 12.1. The first-order chi connectivity index (χ1) is 18.2. The van der Waals surface area contributed by atoms with Crippen molar-refractivity contribution in [3.63, 3.8) is 0 Å². The summed E-state index contributed by atoms with van der Waals surface area (Å²) in [6.07, 6.45) is 6.24. The fraction of sp³-hybridized carbons (Fsp3) is 0.562. The maximum Gasteiger partial charge on any atom is 0.306 e. The van der Waals surface area contributed by atoms with Crippen LogP contribution in [0.2, 0.25) is 0 Å². The van der Waals surface area contributed by atoms with Gasteiger partial charge >= 0.3 is 11.9 Å². The van der Waals surface area contributed by atoms with Gasteiger partial charge in [0, 0.05) is 12.8 Å². The smallest absolute Gasteiger partial charge is 0.306 e. The number of carbonyl (C=O) groups excluding carboxylic acids is 2. The van der Waals surface area contributed by atoms with Crippen molar-refractivity contribution in [2.24, 2.45) is 5.41 Å². The predicted molar refractivity (Wildman–Crippen MR) is 149 cm³/mol. The molecule has 0 heterocycles. The number of esters is 2. The van der Waals surface area contributed by atoms with Gasteiger partial charge in [-0.15, -0.1) is 0 Å². The third-order valence-electron chi connectivity index (χ3n) is 6.90. The number of hydrogen-bond acceptors (Lipinski definition) is 6. The molecule has 0 saturated heterocycles. The van der Waals surface area contributed by atoms with E-state index in [1.54, 1.807) is 0 Å². The van der Waals surface area contributed by atoms with Crippen LogP contribution < -0.4 is 0 Å². The minimum Gasteiger partial charge on any atom is -0.461 e. The Morgan fingerprint density at radius 3 is 1.71 bits per heavy atom. The summed E-state index contributed by atoms with van der Waals surface area (Å²) >= 11 is 0.